The van der Waals surface area contributed by atoms with Crippen LogP contribution in [-0.2, 0) is 17.4 Å². The molecule has 1 aromatic heterocycles. The minimum absolute atomic E-state index is 0. The largest absolute Gasteiger partial charge is 1.00 e. The van der Waals surface area contributed by atoms with Crippen LogP contribution >= 0.6 is 0 Å². The first-order valence-corrected chi connectivity index (χ1v) is 4.04. The quantitative estimate of drug-likeness (QED) is 0.489. The molecule has 1 rings (SSSR count). The molecule has 0 spiro atoms. The molecule has 90 valence electrons. The molecule has 18 heavy (non-hydrogen) atoms. The van der Waals surface area contributed by atoms with Crippen molar-refractivity contribution in [2.24, 2.45) is 0 Å². The summed E-state index contributed by atoms with van der Waals surface area (Å²) in [5.74, 6) is -1.35. The van der Waals surface area contributed by atoms with Gasteiger partial charge in [-0.1, -0.05) is 6.07 Å². The summed E-state index contributed by atoms with van der Waals surface area (Å²) in [5, 5.41) is 10.2. The Bertz CT molecular complexity index is 399. The molecular weight excluding hydrogens is 241 g/mol. The number of rotatable bonds is 2. The zero-order valence-corrected chi connectivity index (χ0v) is 10.2. The minimum atomic E-state index is -4.51. The fourth-order valence-electron chi connectivity index (χ4n) is 1.09. The van der Waals surface area contributed by atoms with Crippen molar-refractivity contribution in [1.29, 1.82) is 0 Å². The van der Waals surface area contributed by atoms with Crippen molar-refractivity contribution in [3.63, 3.8) is 0 Å². The fourth-order valence-corrected chi connectivity index (χ4v) is 1.09. The second-order valence-corrected chi connectivity index (χ2v) is 2.99. The third-order valence-corrected chi connectivity index (χ3v) is 1.82. The molecule has 0 radical (unpaired) electrons. The molecule has 0 saturated carbocycles. The van der Waals surface area contributed by atoms with E-state index in [0.29, 0.717) is 0 Å². The van der Waals surface area contributed by atoms with E-state index in [0.717, 1.165) is 12.1 Å². The number of carboxylic acids is 1. The van der Waals surface area contributed by atoms with Gasteiger partial charge in [0.2, 0.25) is 0 Å². The van der Waals surface area contributed by atoms with Crippen LogP contribution < -0.4 is 42.8 Å². The van der Waals surface area contributed by atoms with Crippen LogP contribution in [0.3, 0.4) is 0 Å². The van der Waals surface area contributed by atoms with E-state index in [1.54, 1.807) is 0 Å². The molecule has 0 atom stereocenters. The number of aryl methyl sites for hydroxylation is 1. The van der Waals surface area contributed by atoms with Crippen molar-refractivity contribution < 1.29 is 66.3 Å². The van der Waals surface area contributed by atoms with E-state index in [-0.39, 0.29) is 54.5 Å². The van der Waals surface area contributed by atoms with E-state index in [9.17, 15) is 23.1 Å². The molecule has 0 bridgehead atoms. The van der Waals surface area contributed by atoms with Gasteiger partial charge in [-0.15, -0.1) is 0 Å². The summed E-state index contributed by atoms with van der Waals surface area (Å²) >= 11 is 0. The molecule has 0 saturated heterocycles. The first-order valence-electron chi connectivity index (χ1n) is 4.04. The maximum Gasteiger partial charge on any atom is 1.00 e. The zero-order valence-electron chi connectivity index (χ0n) is 10.2. The van der Waals surface area contributed by atoms with Crippen molar-refractivity contribution in [1.82, 2.24) is 4.98 Å². The van der Waals surface area contributed by atoms with Gasteiger partial charge in [-0.3, -0.25) is 0 Å². The van der Waals surface area contributed by atoms with Crippen LogP contribution in [0.2, 0.25) is 0 Å². The van der Waals surface area contributed by atoms with Gasteiger partial charge >= 0.3 is 43.9 Å². The number of halogens is 3. The summed E-state index contributed by atoms with van der Waals surface area (Å²) in [5.41, 5.74) is -0.751. The Morgan fingerprint density at radius 2 is 1.83 bits per heavy atom. The van der Waals surface area contributed by atoms with E-state index in [1.807, 2.05) is 0 Å². The summed E-state index contributed by atoms with van der Waals surface area (Å²) in [4.78, 5) is 13.5. The van der Waals surface area contributed by atoms with Crippen LogP contribution in [0.5, 0.6) is 0 Å². The number of hydrogen-bond acceptors (Lipinski definition) is 4. The fraction of sp³-hybridized carbons (Fsp3) is 0.333. The molecule has 0 fully saturated rings. The van der Waals surface area contributed by atoms with E-state index in [2.05, 4.69) is 4.98 Å². The number of aliphatic carboxylic acids is 1. The maximum absolute atomic E-state index is 12.2. The molecule has 0 aliphatic carbocycles. The molecule has 0 amide bonds. The summed E-state index contributed by atoms with van der Waals surface area (Å²) in [6.07, 6.45) is -4.94. The molecule has 1 aromatic rings. The summed E-state index contributed by atoms with van der Waals surface area (Å²) in [6, 6.07) is 1.85. The molecule has 0 aromatic carbocycles. The van der Waals surface area contributed by atoms with Gasteiger partial charge in [0.25, 0.3) is 0 Å². The molecule has 1 N–H and O–H groups in total. The third kappa shape index (κ3) is 6.48. The van der Waals surface area contributed by atoms with Crippen LogP contribution in [0.4, 0.5) is 13.2 Å². The normalized spacial score (nSPS) is 9.56. The molecule has 0 aliphatic heterocycles. The van der Waals surface area contributed by atoms with Gasteiger partial charge in [0, 0.05) is 18.1 Å². The number of nitrogens with zero attached hydrogens (tertiary/aromatic N) is 1. The van der Waals surface area contributed by atoms with E-state index in [1.165, 1.54) is 6.92 Å². The van der Waals surface area contributed by atoms with Gasteiger partial charge < -0.3 is 15.4 Å². The Balaban J connectivity index is -0.000000750. The van der Waals surface area contributed by atoms with Crippen molar-refractivity contribution in [2.75, 3.05) is 0 Å². The Hall–Kier alpha value is -0.435. The average molecular weight is 249 g/mol. The molecular formula is C9H8F3Li2NO3. The number of carboxylic acid groups (broad SMARTS) is 1. The Kier molecular flexibility index (Phi) is 10.9. The topological polar surface area (TPSA) is 83.0 Å². The first kappa shape index (κ1) is 22.7. The van der Waals surface area contributed by atoms with Crippen molar-refractivity contribution >= 4 is 5.97 Å². The smallest absolute Gasteiger partial charge is 0.870 e. The van der Waals surface area contributed by atoms with E-state index < -0.39 is 24.3 Å². The van der Waals surface area contributed by atoms with Crippen LogP contribution in [-0.4, -0.2) is 16.4 Å². The third-order valence-electron chi connectivity index (χ3n) is 1.82. The van der Waals surface area contributed by atoms with Gasteiger partial charge in [-0.25, -0.2) is 4.98 Å². The van der Waals surface area contributed by atoms with Gasteiger partial charge in [0.05, 0.1) is 0 Å². The molecule has 1 heterocycles. The zero-order chi connectivity index (χ0) is 11.6. The molecule has 0 unspecified atom stereocenters. The summed E-state index contributed by atoms with van der Waals surface area (Å²) < 4.78 is 36.5. The van der Waals surface area contributed by atoms with Gasteiger partial charge in [0.15, 0.2) is 0 Å². The first-order chi connectivity index (χ1) is 6.80. The van der Waals surface area contributed by atoms with Gasteiger partial charge in [0.1, 0.15) is 5.69 Å². The number of aromatic nitrogens is 1. The number of carbonyl (C=O) groups excluding carboxylic acids is 1. The SMILES string of the molecule is Cc1nc(C(F)(F)F)ccc1CC(=O)[O-].[Li+].[Li+].[OH-]. The van der Waals surface area contributed by atoms with Gasteiger partial charge in [-0.05, 0) is 18.6 Å². The number of pyridine rings is 1. The second kappa shape index (κ2) is 8.63. The van der Waals surface area contributed by atoms with E-state index in [4.69, 9.17) is 0 Å². The monoisotopic (exact) mass is 249 g/mol. The van der Waals surface area contributed by atoms with Crippen LogP contribution in [0.25, 0.3) is 0 Å². The van der Waals surface area contributed by atoms with Crippen molar-refractivity contribution in [2.45, 2.75) is 19.5 Å². The number of hydrogen-bond donors (Lipinski definition) is 0. The second-order valence-electron chi connectivity index (χ2n) is 2.99. The predicted octanol–water partition coefficient (Wildman–Crippen LogP) is -5.47. The van der Waals surface area contributed by atoms with E-state index >= 15 is 0 Å². The average Bonchev–Trinajstić information content (AvgIpc) is 2.05. The minimum Gasteiger partial charge on any atom is -0.870 e. The molecule has 4 nitrogen and oxygen atoms in total. The summed E-state index contributed by atoms with van der Waals surface area (Å²) in [6.45, 7) is 1.33. The van der Waals surface area contributed by atoms with Crippen molar-refractivity contribution in [3.05, 3.63) is 29.1 Å². The summed E-state index contributed by atoms with van der Waals surface area (Å²) in [7, 11) is 0. The Morgan fingerprint density at radius 3 is 2.17 bits per heavy atom. The predicted molar refractivity (Wildman–Crippen MR) is 44.6 cm³/mol. The van der Waals surface area contributed by atoms with Crippen LogP contribution in [0.1, 0.15) is 17.0 Å². The molecule has 9 heteroatoms. The maximum atomic E-state index is 12.2. The van der Waals surface area contributed by atoms with Crippen LogP contribution in [0.15, 0.2) is 12.1 Å². The Morgan fingerprint density at radius 1 is 1.33 bits per heavy atom. The molecule has 0 aliphatic rings. The van der Waals surface area contributed by atoms with Crippen molar-refractivity contribution in [3.8, 4) is 0 Å². The van der Waals surface area contributed by atoms with Crippen LogP contribution in [0, 0.1) is 6.92 Å². The Labute approximate surface area is 126 Å². The van der Waals surface area contributed by atoms with Gasteiger partial charge in [-0.2, -0.15) is 13.2 Å². The standard InChI is InChI=1S/C9H8F3NO2.2Li.H2O/c1-5-6(4-8(14)15)2-3-7(13-5)9(10,11)12;;;/h2-3H,4H2,1H3,(H,14,15);;;1H2/q;2*+1;/p-2. The number of alkyl halides is 3. The number of carbonyl (C=O) groups is 1.